The van der Waals surface area contributed by atoms with Crippen LogP contribution in [0.15, 0.2) is 54.6 Å². The molecule has 0 aromatic heterocycles. The Hall–Kier alpha value is -5.16. The number of carbonyl (C=O) groups excluding carboxylic acids is 4. The number of piperidine rings is 2. The fourth-order valence-corrected chi connectivity index (χ4v) is 11.9. The Morgan fingerprint density at radius 2 is 1.38 bits per heavy atom. The number of nitriles is 1. The number of halogens is 1. The number of benzene rings is 3. The smallest absolute Gasteiger partial charge is 0.255 e. The van der Waals surface area contributed by atoms with Gasteiger partial charge in [-0.05, 0) is 78.9 Å². The predicted molar refractivity (Wildman–Crippen MR) is 231 cm³/mol. The molecule has 3 saturated heterocycles. The summed E-state index contributed by atoms with van der Waals surface area (Å²) in [7, 11) is 1.83. The maximum atomic E-state index is 14.0. The van der Waals surface area contributed by atoms with Crippen LogP contribution in [0.5, 0.6) is 5.75 Å². The zero-order chi connectivity index (χ0) is 43.0. The lowest BCUT2D eigenvalue weighted by Gasteiger charge is -2.65. The molecule has 5 heterocycles. The molecule has 14 heteroatoms. The van der Waals surface area contributed by atoms with Crippen molar-refractivity contribution in [3.8, 4) is 11.8 Å². The molecule has 4 fully saturated rings. The first-order valence-electron chi connectivity index (χ1n) is 21.5. The zero-order valence-corrected chi connectivity index (χ0v) is 36.4. The van der Waals surface area contributed by atoms with E-state index in [1.54, 1.807) is 23.1 Å². The van der Waals surface area contributed by atoms with Crippen LogP contribution in [-0.4, -0.2) is 115 Å². The lowest BCUT2D eigenvalue weighted by atomic mass is 9.49. The molecule has 0 radical (unpaired) electrons. The van der Waals surface area contributed by atoms with Gasteiger partial charge in [-0.25, -0.2) is 0 Å². The lowest BCUT2D eigenvalue weighted by molar-refractivity contribution is -0.199. The van der Waals surface area contributed by atoms with Crippen molar-refractivity contribution < 1.29 is 28.7 Å². The minimum absolute atomic E-state index is 0.0392. The van der Waals surface area contributed by atoms with E-state index in [1.165, 1.54) is 0 Å². The van der Waals surface area contributed by atoms with Crippen LogP contribution < -0.4 is 19.9 Å². The van der Waals surface area contributed by atoms with Crippen LogP contribution in [0, 0.1) is 22.2 Å². The highest BCUT2D eigenvalue weighted by molar-refractivity contribution is 6.31. The van der Waals surface area contributed by atoms with E-state index in [4.69, 9.17) is 21.1 Å². The number of methoxy groups -OCH3 is 1. The average molecular weight is 848 g/mol. The second-order valence-corrected chi connectivity index (χ2v) is 19.4. The molecular weight excluding hydrogens is 794 g/mol. The molecule has 13 nitrogen and oxygen atoms in total. The van der Waals surface area contributed by atoms with Crippen molar-refractivity contribution in [1.82, 2.24) is 20.0 Å². The molecule has 1 unspecified atom stereocenters. The van der Waals surface area contributed by atoms with E-state index in [1.807, 2.05) is 30.2 Å². The summed E-state index contributed by atoms with van der Waals surface area (Å²) in [5.74, 6) is -0.155. The topological polar surface area (TPSA) is 139 Å². The second kappa shape index (κ2) is 15.3. The van der Waals surface area contributed by atoms with Crippen LogP contribution >= 0.6 is 11.6 Å². The summed E-state index contributed by atoms with van der Waals surface area (Å²) in [5, 5.41) is 12.0. The number of ether oxygens (including phenoxy) is 2. The van der Waals surface area contributed by atoms with Crippen molar-refractivity contribution in [2.24, 2.45) is 10.8 Å². The predicted octanol–water partition coefficient (Wildman–Crippen LogP) is 5.62. The molecule has 0 bridgehead atoms. The SMILES string of the molecule is COC1(CN2CCN(c3ccc4c(c3)CN(C3C(C)(C)C(Oc5ccc(C#N)c(Cl)c5)C3(C)C)C4=O)CC2)CCN(c2ccc3c(c2)CN(C2CCC(=O)NC2=O)C3=O)CC1. The maximum absolute atomic E-state index is 14.0. The molecule has 3 aromatic carbocycles. The highest BCUT2D eigenvalue weighted by Crippen LogP contribution is 2.59. The van der Waals surface area contributed by atoms with E-state index in [-0.39, 0.29) is 52.7 Å². The van der Waals surface area contributed by atoms with Crippen LogP contribution in [0.1, 0.15) is 90.8 Å². The Labute approximate surface area is 362 Å². The molecule has 1 saturated carbocycles. The minimum Gasteiger partial charge on any atom is -0.489 e. The Kier molecular flexibility index (Phi) is 10.4. The average Bonchev–Trinajstić information content (AvgIpc) is 3.74. The first kappa shape index (κ1) is 41.2. The number of nitrogens with zero attached hydrogens (tertiary/aromatic N) is 6. The van der Waals surface area contributed by atoms with Gasteiger partial charge in [-0.1, -0.05) is 39.3 Å². The standard InChI is InChI=1S/C47H54ClN7O6/c1-45(2)43(46(3,4)44(45)61-34-9-6-29(25-49)37(48)24-34)55-27-31-23-33(8-11-36(31)42(55)59)53-20-18-51(19-21-53)28-47(60-5)14-16-52(17-15-47)32-7-10-35-30(22-32)26-54(41(35)58)38-12-13-39(56)50-40(38)57/h6-11,22-24,38,43-44H,12-21,26-28H2,1-5H3,(H,50,56,57). The molecule has 6 aliphatic rings. The fraction of sp³-hybridized carbons (Fsp3) is 0.511. The molecule has 61 heavy (non-hydrogen) atoms. The van der Waals surface area contributed by atoms with E-state index in [0.29, 0.717) is 41.4 Å². The Morgan fingerprint density at radius 1 is 0.787 bits per heavy atom. The summed E-state index contributed by atoms with van der Waals surface area (Å²) in [6, 6.07) is 18.9. The molecule has 1 atom stereocenters. The summed E-state index contributed by atoms with van der Waals surface area (Å²) < 4.78 is 12.8. The van der Waals surface area contributed by atoms with Gasteiger partial charge in [0.2, 0.25) is 11.8 Å². The van der Waals surface area contributed by atoms with Crippen molar-refractivity contribution in [2.75, 3.05) is 62.7 Å². The highest BCUT2D eigenvalue weighted by Gasteiger charge is 2.67. The number of rotatable bonds is 9. The van der Waals surface area contributed by atoms with Gasteiger partial charge in [0.1, 0.15) is 24.0 Å². The summed E-state index contributed by atoms with van der Waals surface area (Å²) in [5.41, 5.74) is 5.08. The fourth-order valence-electron chi connectivity index (χ4n) is 11.7. The van der Waals surface area contributed by atoms with Gasteiger partial charge in [0.25, 0.3) is 11.8 Å². The molecule has 1 N–H and O–H groups in total. The largest absolute Gasteiger partial charge is 0.489 e. The summed E-state index contributed by atoms with van der Waals surface area (Å²) in [4.78, 5) is 62.4. The Bertz CT molecular complexity index is 2330. The van der Waals surface area contributed by atoms with Crippen LogP contribution in [0.25, 0.3) is 0 Å². The molecule has 4 amide bonds. The zero-order valence-electron chi connectivity index (χ0n) is 35.6. The normalized spacial score (nSPS) is 25.5. The highest BCUT2D eigenvalue weighted by atomic mass is 35.5. The van der Waals surface area contributed by atoms with Crippen molar-refractivity contribution in [1.29, 1.82) is 5.26 Å². The van der Waals surface area contributed by atoms with E-state index >= 15 is 0 Å². The third-order valence-electron chi connectivity index (χ3n) is 14.5. The van der Waals surface area contributed by atoms with E-state index in [0.717, 1.165) is 86.7 Å². The first-order valence-corrected chi connectivity index (χ1v) is 21.9. The number of nitrogens with one attached hydrogen (secondary N) is 1. The van der Waals surface area contributed by atoms with E-state index < -0.39 is 11.9 Å². The second-order valence-electron chi connectivity index (χ2n) is 18.9. The summed E-state index contributed by atoms with van der Waals surface area (Å²) in [6.07, 6.45) is 2.18. The van der Waals surface area contributed by atoms with Crippen molar-refractivity contribution in [3.05, 3.63) is 87.4 Å². The van der Waals surface area contributed by atoms with Gasteiger partial charge in [-0.3, -0.25) is 29.4 Å². The Balaban J connectivity index is 0.784. The van der Waals surface area contributed by atoms with Crippen molar-refractivity contribution in [3.63, 3.8) is 0 Å². The number of carbonyl (C=O) groups is 4. The van der Waals surface area contributed by atoms with Gasteiger partial charge in [0.05, 0.1) is 16.2 Å². The van der Waals surface area contributed by atoms with Gasteiger partial charge in [-0.2, -0.15) is 5.26 Å². The first-order chi connectivity index (χ1) is 29.1. The molecule has 1 aliphatic carbocycles. The van der Waals surface area contributed by atoms with Crippen LogP contribution in [-0.2, 0) is 27.4 Å². The van der Waals surface area contributed by atoms with E-state index in [9.17, 15) is 24.4 Å². The van der Waals surface area contributed by atoms with E-state index in [2.05, 4.69) is 72.0 Å². The van der Waals surface area contributed by atoms with Gasteiger partial charge >= 0.3 is 0 Å². The lowest BCUT2D eigenvalue weighted by Crippen LogP contribution is -2.74. The monoisotopic (exact) mass is 847 g/mol. The molecule has 320 valence electrons. The number of hydrogen-bond acceptors (Lipinski definition) is 10. The Morgan fingerprint density at radius 3 is 1.95 bits per heavy atom. The molecule has 9 rings (SSSR count). The van der Waals surface area contributed by atoms with Gasteiger partial charge < -0.3 is 29.1 Å². The third-order valence-corrected chi connectivity index (χ3v) is 14.9. The van der Waals surface area contributed by atoms with Crippen molar-refractivity contribution in [2.45, 2.75) is 90.3 Å². The van der Waals surface area contributed by atoms with Crippen LogP contribution in [0.2, 0.25) is 5.02 Å². The number of hydrogen-bond donors (Lipinski definition) is 1. The summed E-state index contributed by atoms with van der Waals surface area (Å²) in [6.45, 7) is 15.7. The van der Waals surface area contributed by atoms with Gasteiger partial charge in [-0.15, -0.1) is 0 Å². The molecular formula is C47H54ClN7O6. The number of amides is 4. The third kappa shape index (κ3) is 7.10. The number of piperazine rings is 1. The molecule has 3 aromatic rings. The minimum atomic E-state index is -0.622. The maximum Gasteiger partial charge on any atom is 0.255 e. The van der Waals surface area contributed by atoms with Gasteiger partial charge in [0, 0.05) is 118 Å². The molecule has 0 spiro atoms. The summed E-state index contributed by atoms with van der Waals surface area (Å²) >= 11 is 6.32. The van der Waals surface area contributed by atoms with Crippen LogP contribution in [0.3, 0.4) is 0 Å². The quantitative estimate of drug-likeness (QED) is 0.270. The van der Waals surface area contributed by atoms with Crippen molar-refractivity contribution >= 4 is 46.6 Å². The van der Waals surface area contributed by atoms with Crippen LogP contribution in [0.4, 0.5) is 11.4 Å². The van der Waals surface area contributed by atoms with Gasteiger partial charge in [0.15, 0.2) is 0 Å². The molecule has 5 aliphatic heterocycles. The number of fused-ring (bicyclic) bond motifs is 2. The number of imide groups is 1. The number of anilines is 2.